The van der Waals surface area contributed by atoms with Crippen molar-refractivity contribution in [2.45, 2.75) is 6.42 Å². The Bertz CT molecular complexity index is 116. The van der Waals surface area contributed by atoms with Crippen LogP contribution in [-0.2, 0) is 0 Å². The maximum absolute atomic E-state index is 5.37. The Balaban J connectivity index is 3.68. The van der Waals surface area contributed by atoms with Gasteiger partial charge in [0.05, 0.1) is 6.20 Å². The molecule has 0 heterocycles. The van der Waals surface area contributed by atoms with Crippen LogP contribution in [0.4, 0.5) is 0 Å². The average molecular weight is 128 g/mol. The molecule has 0 aliphatic carbocycles. The highest BCUT2D eigenvalue weighted by Crippen LogP contribution is 1.90. The summed E-state index contributed by atoms with van der Waals surface area (Å²) in [6.45, 7) is 3.49. The molecule has 0 bridgehead atoms. The fraction of sp³-hybridized carbons (Fsp3) is 0.200. The Morgan fingerprint density at radius 1 is 1.56 bits per heavy atom. The quantitative estimate of drug-likeness (QED) is 0.269. The van der Waals surface area contributed by atoms with E-state index >= 15 is 0 Å². The fourth-order valence-electron chi connectivity index (χ4n) is 0.411. The van der Waals surface area contributed by atoms with Gasteiger partial charge in [0, 0.05) is 12.1 Å². The lowest BCUT2D eigenvalue weighted by Crippen LogP contribution is -2.33. The van der Waals surface area contributed by atoms with Crippen LogP contribution in [0.3, 0.4) is 0 Å². The zero-order valence-corrected chi connectivity index (χ0v) is 5.25. The summed E-state index contributed by atoms with van der Waals surface area (Å²) in [5.74, 6) is 10.1. The van der Waals surface area contributed by atoms with Crippen LogP contribution in [0.5, 0.6) is 0 Å². The first-order chi connectivity index (χ1) is 4.16. The predicted molar refractivity (Wildman–Crippen MR) is 37.3 cm³/mol. The second kappa shape index (κ2) is 3.94. The van der Waals surface area contributed by atoms with Crippen LogP contribution >= 0.6 is 0 Å². The van der Waals surface area contributed by atoms with Gasteiger partial charge in [-0.3, -0.25) is 5.12 Å². The summed E-state index contributed by atoms with van der Waals surface area (Å²) in [5, 5.41) is 0.916. The van der Waals surface area contributed by atoms with Gasteiger partial charge in [-0.25, -0.2) is 11.7 Å². The zero-order valence-electron chi connectivity index (χ0n) is 5.25. The summed E-state index contributed by atoms with van der Waals surface area (Å²) in [7, 11) is 0. The standard InChI is InChI=1S/C5H12N4/c1-2-3-5(6)4-9(7)8/h2,4H,1,3,6-8H2/b5-4+. The lowest BCUT2D eigenvalue weighted by molar-refractivity contribution is 0.410. The van der Waals surface area contributed by atoms with Crippen molar-refractivity contribution in [3.63, 3.8) is 0 Å². The molecule has 6 N–H and O–H groups in total. The molecule has 52 valence electrons. The van der Waals surface area contributed by atoms with E-state index in [1.807, 2.05) is 0 Å². The maximum atomic E-state index is 5.37. The number of nitrogens with two attached hydrogens (primary N) is 3. The summed E-state index contributed by atoms with van der Waals surface area (Å²) < 4.78 is 0. The molecule has 0 spiro atoms. The van der Waals surface area contributed by atoms with Crippen molar-refractivity contribution < 1.29 is 0 Å². The van der Waals surface area contributed by atoms with Gasteiger partial charge in [0.25, 0.3) is 0 Å². The Morgan fingerprint density at radius 3 is 2.44 bits per heavy atom. The van der Waals surface area contributed by atoms with Crippen LogP contribution in [-0.4, -0.2) is 5.12 Å². The van der Waals surface area contributed by atoms with E-state index in [1.54, 1.807) is 6.08 Å². The molecule has 0 fully saturated rings. The molecule has 0 atom stereocenters. The summed E-state index contributed by atoms with van der Waals surface area (Å²) in [4.78, 5) is 0. The van der Waals surface area contributed by atoms with Crippen LogP contribution in [0.25, 0.3) is 0 Å². The minimum Gasteiger partial charge on any atom is -0.401 e. The fourth-order valence-corrected chi connectivity index (χ4v) is 0.411. The minimum absolute atomic E-state index is 0.593. The molecule has 0 aromatic rings. The van der Waals surface area contributed by atoms with E-state index in [4.69, 9.17) is 17.4 Å². The minimum atomic E-state index is 0.593. The Morgan fingerprint density at radius 2 is 2.11 bits per heavy atom. The number of hydrogen-bond acceptors (Lipinski definition) is 4. The van der Waals surface area contributed by atoms with Gasteiger partial charge in [0.1, 0.15) is 0 Å². The average Bonchev–Trinajstić information content (AvgIpc) is 1.63. The van der Waals surface area contributed by atoms with Crippen molar-refractivity contribution in [3.05, 3.63) is 24.6 Å². The first-order valence-electron chi connectivity index (χ1n) is 2.52. The van der Waals surface area contributed by atoms with Crippen LogP contribution in [0.15, 0.2) is 24.6 Å². The molecular formula is C5H12N4. The van der Waals surface area contributed by atoms with E-state index in [9.17, 15) is 0 Å². The van der Waals surface area contributed by atoms with Crippen LogP contribution in [0.2, 0.25) is 0 Å². The van der Waals surface area contributed by atoms with Gasteiger partial charge < -0.3 is 5.73 Å². The van der Waals surface area contributed by atoms with E-state index in [0.717, 1.165) is 5.12 Å². The molecule has 0 radical (unpaired) electrons. The SMILES string of the molecule is C=CC/C(N)=C\N(N)N. The third kappa shape index (κ3) is 4.86. The molecule has 4 heteroatoms. The van der Waals surface area contributed by atoms with E-state index in [1.165, 1.54) is 6.20 Å². The highest BCUT2D eigenvalue weighted by molar-refractivity contribution is 4.99. The van der Waals surface area contributed by atoms with E-state index in [0.29, 0.717) is 12.1 Å². The van der Waals surface area contributed by atoms with Crippen molar-refractivity contribution in [3.8, 4) is 0 Å². The largest absolute Gasteiger partial charge is 0.401 e. The highest BCUT2D eigenvalue weighted by atomic mass is 15.6. The number of rotatable bonds is 3. The molecule has 0 aliphatic rings. The van der Waals surface area contributed by atoms with Crippen molar-refractivity contribution in [1.29, 1.82) is 0 Å². The third-order valence-electron chi connectivity index (χ3n) is 0.695. The molecule has 9 heavy (non-hydrogen) atoms. The third-order valence-corrected chi connectivity index (χ3v) is 0.695. The Kier molecular flexibility index (Phi) is 3.50. The molecule has 0 saturated carbocycles. The van der Waals surface area contributed by atoms with E-state index < -0.39 is 0 Å². The number of hydrogen-bond donors (Lipinski definition) is 3. The van der Waals surface area contributed by atoms with Gasteiger partial charge in [0.15, 0.2) is 0 Å². The first-order valence-corrected chi connectivity index (χ1v) is 2.52. The second-order valence-corrected chi connectivity index (χ2v) is 1.64. The molecule has 0 aliphatic heterocycles. The van der Waals surface area contributed by atoms with Gasteiger partial charge in [0.2, 0.25) is 0 Å². The lowest BCUT2D eigenvalue weighted by atomic mass is 10.3. The summed E-state index contributed by atoms with van der Waals surface area (Å²) in [5.41, 5.74) is 5.97. The van der Waals surface area contributed by atoms with Gasteiger partial charge in [-0.15, -0.1) is 6.58 Å². The summed E-state index contributed by atoms with van der Waals surface area (Å²) >= 11 is 0. The molecule has 0 unspecified atom stereocenters. The van der Waals surface area contributed by atoms with Crippen LogP contribution < -0.4 is 17.4 Å². The molecule has 0 aromatic carbocycles. The van der Waals surface area contributed by atoms with Crippen molar-refractivity contribution in [2.24, 2.45) is 17.4 Å². The van der Waals surface area contributed by atoms with E-state index in [-0.39, 0.29) is 0 Å². The normalized spacial score (nSPS) is 11.1. The maximum Gasteiger partial charge on any atom is 0.0526 e. The Labute approximate surface area is 54.5 Å². The van der Waals surface area contributed by atoms with Crippen LogP contribution in [0, 0.1) is 0 Å². The first kappa shape index (κ1) is 8.00. The molecular weight excluding hydrogens is 116 g/mol. The molecule has 0 aromatic heterocycles. The topological polar surface area (TPSA) is 81.3 Å². The van der Waals surface area contributed by atoms with Crippen molar-refractivity contribution >= 4 is 0 Å². The van der Waals surface area contributed by atoms with Gasteiger partial charge in [-0.2, -0.15) is 0 Å². The molecule has 0 rings (SSSR count). The summed E-state index contributed by atoms with van der Waals surface area (Å²) in [6, 6.07) is 0. The number of hydrazine groups is 2. The van der Waals surface area contributed by atoms with Crippen LogP contribution in [0.1, 0.15) is 6.42 Å². The summed E-state index contributed by atoms with van der Waals surface area (Å²) in [6.07, 6.45) is 3.71. The predicted octanol–water partition coefficient (Wildman–Crippen LogP) is -0.588. The van der Waals surface area contributed by atoms with Gasteiger partial charge >= 0.3 is 0 Å². The number of allylic oxidation sites excluding steroid dienone is 1. The zero-order chi connectivity index (χ0) is 7.28. The van der Waals surface area contributed by atoms with E-state index in [2.05, 4.69) is 6.58 Å². The molecule has 4 nitrogen and oxygen atoms in total. The molecule has 0 amide bonds. The lowest BCUT2D eigenvalue weighted by Gasteiger charge is -2.04. The Hall–Kier alpha value is -1.00. The van der Waals surface area contributed by atoms with Gasteiger partial charge in [-0.05, 0) is 0 Å². The van der Waals surface area contributed by atoms with Crippen molar-refractivity contribution in [1.82, 2.24) is 5.12 Å². The smallest absolute Gasteiger partial charge is 0.0526 e. The number of nitrogens with zero attached hydrogens (tertiary/aromatic N) is 1. The molecule has 0 saturated heterocycles. The highest BCUT2D eigenvalue weighted by Gasteiger charge is 1.85. The monoisotopic (exact) mass is 128 g/mol. The van der Waals surface area contributed by atoms with Gasteiger partial charge in [-0.1, -0.05) is 6.08 Å². The van der Waals surface area contributed by atoms with Crippen molar-refractivity contribution in [2.75, 3.05) is 0 Å². The second-order valence-electron chi connectivity index (χ2n) is 1.64.